The van der Waals surface area contributed by atoms with Gasteiger partial charge in [-0.05, 0) is 42.3 Å². The van der Waals surface area contributed by atoms with E-state index in [0.717, 1.165) is 46.9 Å². The molecule has 32 heavy (non-hydrogen) atoms. The number of nitrogens with zero attached hydrogens (tertiary/aromatic N) is 4. The number of nitrogens with one attached hydrogen (secondary N) is 2. The second-order valence-electron chi connectivity index (χ2n) is 7.78. The number of aromatic nitrogens is 2. The molecule has 9 nitrogen and oxygen atoms in total. The van der Waals surface area contributed by atoms with Gasteiger partial charge in [-0.2, -0.15) is 5.10 Å². The predicted molar refractivity (Wildman–Crippen MR) is 122 cm³/mol. The second-order valence-corrected chi connectivity index (χ2v) is 8.86. The largest absolute Gasteiger partial charge is 0.354 e. The van der Waals surface area contributed by atoms with Gasteiger partial charge in [-0.1, -0.05) is 0 Å². The number of thiophene rings is 1. The van der Waals surface area contributed by atoms with Crippen LogP contribution in [0.3, 0.4) is 0 Å². The number of likely N-dealkylation sites (N-methyl/N-ethyl adjacent to an activating group) is 1. The van der Waals surface area contributed by atoms with Crippen molar-refractivity contribution in [2.45, 2.75) is 13.0 Å². The molecule has 2 N–H and O–H groups in total. The van der Waals surface area contributed by atoms with Crippen LogP contribution in [-0.2, 0) is 13.0 Å². The summed E-state index contributed by atoms with van der Waals surface area (Å²) in [5.74, 6) is 0.882. The van der Waals surface area contributed by atoms with Crippen molar-refractivity contribution < 1.29 is 14.4 Å². The Bertz CT molecular complexity index is 1250. The number of amides is 3. The lowest BCUT2D eigenvalue weighted by molar-refractivity contribution is 0.0780. The standard InChI is InChI=1S/C22H22N6O3S/c1-23-20(29)16-5-6-17(32-16)21(30)24-18-12-19-27(9-10-28(19)25-18)14-3-4-15-13(11-14)7-8-26(2)22(15)31/h3-6,11-12H,7-10H2,1-2H3,(H,23,29)(H,24,25,30). The summed E-state index contributed by atoms with van der Waals surface area (Å²) in [6.45, 7) is 2.18. The van der Waals surface area contributed by atoms with Crippen LogP contribution in [0.25, 0.3) is 0 Å². The third kappa shape index (κ3) is 3.42. The molecule has 3 aromatic rings. The van der Waals surface area contributed by atoms with Gasteiger partial charge >= 0.3 is 0 Å². The topological polar surface area (TPSA) is 99.6 Å². The van der Waals surface area contributed by atoms with Crippen LogP contribution in [-0.4, -0.2) is 59.6 Å². The predicted octanol–water partition coefficient (Wildman–Crippen LogP) is 2.34. The van der Waals surface area contributed by atoms with E-state index in [1.807, 2.05) is 29.9 Å². The molecule has 0 aliphatic carbocycles. The van der Waals surface area contributed by atoms with Crippen molar-refractivity contribution in [2.75, 3.05) is 37.4 Å². The first kappa shape index (κ1) is 20.3. The summed E-state index contributed by atoms with van der Waals surface area (Å²) in [5.41, 5.74) is 2.82. The van der Waals surface area contributed by atoms with Gasteiger partial charge in [0.15, 0.2) is 5.82 Å². The van der Waals surface area contributed by atoms with Gasteiger partial charge in [-0.25, -0.2) is 4.68 Å². The number of carbonyl (C=O) groups excluding carboxylic acids is 3. The number of hydrogen-bond donors (Lipinski definition) is 2. The van der Waals surface area contributed by atoms with E-state index in [-0.39, 0.29) is 17.7 Å². The number of benzene rings is 1. The highest BCUT2D eigenvalue weighted by Crippen LogP contribution is 2.34. The Morgan fingerprint density at radius 1 is 1.03 bits per heavy atom. The normalized spacial score (nSPS) is 14.9. The Kier molecular flexibility index (Phi) is 4.93. The first-order valence-corrected chi connectivity index (χ1v) is 11.1. The number of hydrogen-bond acceptors (Lipinski definition) is 6. The van der Waals surface area contributed by atoms with E-state index >= 15 is 0 Å². The molecule has 0 saturated heterocycles. The van der Waals surface area contributed by atoms with E-state index in [2.05, 4.69) is 26.7 Å². The molecule has 0 radical (unpaired) electrons. The summed E-state index contributed by atoms with van der Waals surface area (Å²) in [6.07, 6.45) is 0.832. The zero-order valence-electron chi connectivity index (χ0n) is 17.7. The lowest BCUT2D eigenvalue weighted by Gasteiger charge is -2.26. The molecule has 4 heterocycles. The van der Waals surface area contributed by atoms with Gasteiger partial charge in [0.2, 0.25) is 0 Å². The molecule has 0 atom stereocenters. The lowest BCUT2D eigenvalue weighted by atomic mass is 9.98. The first-order chi connectivity index (χ1) is 15.4. The van der Waals surface area contributed by atoms with Crippen molar-refractivity contribution in [3.05, 3.63) is 57.3 Å². The van der Waals surface area contributed by atoms with Crippen LogP contribution in [0.1, 0.15) is 35.3 Å². The van der Waals surface area contributed by atoms with Gasteiger partial charge in [-0.3, -0.25) is 14.4 Å². The van der Waals surface area contributed by atoms with Gasteiger partial charge in [0, 0.05) is 44.5 Å². The highest BCUT2D eigenvalue weighted by Gasteiger charge is 2.27. The fourth-order valence-corrected chi connectivity index (χ4v) is 4.91. The monoisotopic (exact) mass is 450 g/mol. The van der Waals surface area contributed by atoms with Crippen molar-refractivity contribution in [3.63, 3.8) is 0 Å². The molecule has 0 unspecified atom stereocenters. The van der Waals surface area contributed by atoms with Crippen LogP contribution in [0.2, 0.25) is 0 Å². The molecule has 2 aromatic heterocycles. The first-order valence-electron chi connectivity index (χ1n) is 10.3. The average Bonchev–Trinajstić information content (AvgIpc) is 3.51. The van der Waals surface area contributed by atoms with Gasteiger partial charge in [0.25, 0.3) is 17.7 Å². The van der Waals surface area contributed by atoms with Crippen molar-refractivity contribution in [1.29, 1.82) is 0 Å². The van der Waals surface area contributed by atoms with Crippen molar-refractivity contribution in [3.8, 4) is 0 Å². The van der Waals surface area contributed by atoms with Crippen LogP contribution in [0.15, 0.2) is 36.4 Å². The van der Waals surface area contributed by atoms with Gasteiger partial charge < -0.3 is 20.4 Å². The van der Waals surface area contributed by atoms with Crippen molar-refractivity contribution in [1.82, 2.24) is 20.0 Å². The molecule has 2 aliphatic heterocycles. The quantitative estimate of drug-likeness (QED) is 0.636. The number of rotatable bonds is 4. The maximum Gasteiger partial charge on any atom is 0.266 e. The maximum absolute atomic E-state index is 12.6. The second kappa shape index (κ2) is 7.79. The summed E-state index contributed by atoms with van der Waals surface area (Å²) in [4.78, 5) is 41.5. The Morgan fingerprint density at radius 3 is 2.59 bits per heavy atom. The van der Waals surface area contributed by atoms with Crippen LogP contribution < -0.4 is 15.5 Å². The molecule has 10 heteroatoms. The average molecular weight is 451 g/mol. The summed E-state index contributed by atoms with van der Waals surface area (Å²) in [5, 5.41) is 9.88. The van der Waals surface area contributed by atoms with Crippen LogP contribution >= 0.6 is 11.3 Å². The number of carbonyl (C=O) groups is 3. The summed E-state index contributed by atoms with van der Waals surface area (Å²) in [6, 6.07) is 11.0. The SMILES string of the molecule is CNC(=O)c1ccc(C(=O)Nc2cc3n(n2)CCN3c2ccc3c(c2)CCN(C)C3=O)s1. The van der Waals surface area contributed by atoms with Crippen LogP contribution in [0.4, 0.5) is 17.3 Å². The fraction of sp³-hybridized carbons (Fsp3) is 0.273. The Labute approximate surface area is 188 Å². The van der Waals surface area contributed by atoms with Crippen LogP contribution in [0.5, 0.6) is 0 Å². The summed E-state index contributed by atoms with van der Waals surface area (Å²) in [7, 11) is 3.38. The molecule has 0 bridgehead atoms. The van der Waals surface area contributed by atoms with Crippen molar-refractivity contribution in [2.24, 2.45) is 0 Å². The maximum atomic E-state index is 12.6. The van der Waals surface area contributed by atoms with E-state index in [0.29, 0.717) is 28.7 Å². The summed E-state index contributed by atoms with van der Waals surface area (Å²) >= 11 is 1.13. The molecule has 1 aromatic carbocycles. The molecule has 0 spiro atoms. The smallest absolute Gasteiger partial charge is 0.266 e. The van der Waals surface area contributed by atoms with Gasteiger partial charge in [0.1, 0.15) is 5.82 Å². The lowest BCUT2D eigenvalue weighted by Crippen LogP contribution is -2.34. The van der Waals surface area contributed by atoms with E-state index < -0.39 is 0 Å². The molecular formula is C22H22N6O3S. The molecule has 2 aliphatic rings. The Hall–Kier alpha value is -3.66. The van der Waals surface area contributed by atoms with Gasteiger partial charge in [0.05, 0.1) is 16.3 Å². The third-order valence-electron chi connectivity index (χ3n) is 5.79. The molecule has 0 saturated carbocycles. The van der Waals surface area contributed by atoms with Gasteiger partial charge in [-0.15, -0.1) is 11.3 Å². The molecule has 5 rings (SSSR count). The van der Waals surface area contributed by atoms with E-state index in [9.17, 15) is 14.4 Å². The minimum absolute atomic E-state index is 0.0578. The highest BCUT2D eigenvalue weighted by molar-refractivity contribution is 7.16. The zero-order chi connectivity index (χ0) is 22.4. The van der Waals surface area contributed by atoms with Crippen LogP contribution in [0, 0.1) is 0 Å². The molecular weight excluding hydrogens is 428 g/mol. The van der Waals surface area contributed by atoms with E-state index in [4.69, 9.17) is 0 Å². The highest BCUT2D eigenvalue weighted by atomic mass is 32.1. The zero-order valence-corrected chi connectivity index (χ0v) is 18.5. The number of fused-ring (bicyclic) bond motifs is 2. The van der Waals surface area contributed by atoms with E-state index in [1.165, 1.54) is 0 Å². The summed E-state index contributed by atoms with van der Waals surface area (Å²) < 4.78 is 1.86. The fourth-order valence-electron chi connectivity index (χ4n) is 4.06. The van der Waals surface area contributed by atoms with Crippen molar-refractivity contribution >= 4 is 46.4 Å². The van der Waals surface area contributed by atoms with E-state index in [1.54, 1.807) is 24.1 Å². The molecule has 0 fully saturated rings. The molecule has 3 amide bonds. The Balaban J connectivity index is 1.35. The molecule has 164 valence electrons. The Morgan fingerprint density at radius 2 is 1.81 bits per heavy atom. The minimum atomic E-state index is -0.301. The number of anilines is 3. The third-order valence-corrected chi connectivity index (χ3v) is 6.87. The minimum Gasteiger partial charge on any atom is -0.354 e.